The quantitative estimate of drug-likeness (QED) is 0.395. The molecule has 182 valence electrons. The van der Waals surface area contributed by atoms with Gasteiger partial charge in [-0.15, -0.1) is 0 Å². The zero-order chi connectivity index (χ0) is 24.9. The number of rotatable bonds is 8. The number of aryl methyl sites for hydroxylation is 1. The molecule has 0 saturated carbocycles. The van der Waals surface area contributed by atoms with Crippen molar-refractivity contribution >= 4 is 22.8 Å². The molecule has 2 aromatic carbocycles. The minimum atomic E-state index is -0.502. The van der Waals surface area contributed by atoms with Crippen molar-refractivity contribution in [1.29, 1.82) is 5.26 Å². The third-order valence-electron chi connectivity index (χ3n) is 6.44. The molecule has 3 N–H and O–H groups in total. The first kappa shape index (κ1) is 23.3. The highest BCUT2D eigenvalue weighted by Crippen LogP contribution is 2.23. The van der Waals surface area contributed by atoms with Crippen molar-refractivity contribution in [3.63, 3.8) is 0 Å². The molecule has 9 heteroatoms. The van der Waals surface area contributed by atoms with Crippen molar-refractivity contribution in [3.05, 3.63) is 77.7 Å². The van der Waals surface area contributed by atoms with Gasteiger partial charge in [-0.05, 0) is 61.3 Å². The van der Waals surface area contributed by atoms with E-state index < -0.39 is 5.91 Å². The predicted octanol–water partition coefficient (Wildman–Crippen LogP) is 3.48. The molecule has 1 saturated heterocycles. The molecule has 36 heavy (non-hydrogen) atoms. The molecule has 0 atom stereocenters. The van der Waals surface area contributed by atoms with Gasteiger partial charge >= 0.3 is 0 Å². The molecule has 0 radical (unpaired) electrons. The number of fused-ring (bicyclic) bond motifs is 1. The normalized spacial score (nSPS) is 14.0. The number of nitrogens with two attached hydrogens (primary N) is 1. The van der Waals surface area contributed by atoms with Gasteiger partial charge < -0.3 is 20.4 Å². The van der Waals surface area contributed by atoms with E-state index in [1.165, 1.54) is 5.56 Å². The number of piperazine rings is 1. The van der Waals surface area contributed by atoms with E-state index in [9.17, 15) is 10.1 Å². The Morgan fingerprint density at radius 2 is 1.89 bits per heavy atom. The average Bonchev–Trinajstić information content (AvgIpc) is 3.32. The molecule has 1 amide bonds. The minimum absolute atomic E-state index is 0.387. The maximum Gasteiger partial charge on any atom is 0.248 e. The number of hydrogen-bond donors (Lipinski definition) is 2. The summed E-state index contributed by atoms with van der Waals surface area (Å²) in [5.74, 6) is 1.19. The van der Waals surface area contributed by atoms with Crippen LogP contribution in [0.4, 0.5) is 5.95 Å². The molecule has 5 rings (SSSR count). The number of nitrogens with zero attached hydrogens (tertiary/aromatic N) is 5. The van der Waals surface area contributed by atoms with Gasteiger partial charge in [0.05, 0.1) is 24.0 Å². The standard InChI is InChI=1S/C27H27N7O2/c28-15-19-6-7-25-24(13-19)21(16-30-25)4-2-8-33-9-11-34(12-10-33)27-31-17-23(18-32-27)36-22-5-1-3-20(14-22)26(29)35/h1,3,5-7,13-14,16-18,30H,2,4,8-12H2,(H2,29,35). The number of aromatic nitrogens is 3. The van der Waals surface area contributed by atoms with E-state index in [2.05, 4.69) is 37.0 Å². The van der Waals surface area contributed by atoms with E-state index in [4.69, 9.17) is 10.5 Å². The van der Waals surface area contributed by atoms with Crippen LogP contribution in [-0.2, 0) is 6.42 Å². The zero-order valence-electron chi connectivity index (χ0n) is 19.9. The van der Waals surface area contributed by atoms with Crippen molar-refractivity contribution in [2.45, 2.75) is 12.8 Å². The molecule has 1 fully saturated rings. The van der Waals surface area contributed by atoms with Gasteiger partial charge in [0.1, 0.15) is 5.75 Å². The summed E-state index contributed by atoms with van der Waals surface area (Å²) in [6, 6.07) is 14.7. The lowest BCUT2D eigenvalue weighted by Gasteiger charge is -2.34. The van der Waals surface area contributed by atoms with Crippen LogP contribution in [0.5, 0.6) is 11.5 Å². The maximum absolute atomic E-state index is 11.4. The summed E-state index contributed by atoms with van der Waals surface area (Å²) >= 11 is 0. The van der Waals surface area contributed by atoms with E-state index in [0.717, 1.165) is 56.5 Å². The number of aromatic amines is 1. The Labute approximate surface area is 209 Å². The third-order valence-corrected chi connectivity index (χ3v) is 6.44. The van der Waals surface area contributed by atoms with Crippen molar-refractivity contribution in [2.75, 3.05) is 37.6 Å². The van der Waals surface area contributed by atoms with Gasteiger partial charge in [-0.1, -0.05) is 6.07 Å². The highest BCUT2D eigenvalue weighted by molar-refractivity contribution is 5.93. The van der Waals surface area contributed by atoms with Gasteiger partial charge in [-0.25, -0.2) is 9.97 Å². The van der Waals surface area contributed by atoms with Gasteiger partial charge in [-0.2, -0.15) is 5.26 Å². The number of primary amides is 1. The molecule has 2 aromatic heterocycles. The first-order valence-corrected chi connectivity index (χ1v) is 12.0. The van der Waals surface area contributed by atoms with Crippen LogP contribution < -0.4 is 15.4 Å². The van der Waals surface area contributed by atoms with Gasteiger partial charge in [-0.3, -0.25) is 9.69 Å². The Bertz CT molecular complexity index is 1400. The summed E-state index contributed by atoms with van der Waals surface area (Å²) in [4.78, 5) is 28.2. The van der Waals surface area contributed by atoms with Crippen LogP contribution in [0.25, 0.3) is 10.9 Å². The number of nitrogens with one attached hydrogen (secondary N) is 1. The molecule has 1 aliphatic rings. The van der Waals surface area contributed by atoms with Crippen LogP contribution in [0.3, 0.4) is 0 Å². The summed E-state index contributed by atoms with van der Waals surface area (Å²) in [6.07, 6.45) is 7.38. The maximum atomic E-state index is 11.4. The van der Waals surface area contributed by atoms with E-state index in [1.54, 1.807) is 36.7 Å². The lowest BCUT2D eigenvalue weighted by atomic mass is 10.1. The van der Waals surface area contributed by atoms with Crippen LogP contribution >= 0.6 is 0 Å². The first-order valence-electron chi connectivity index (χ1n) is 12.0. The number of nitriles is 1. The Hall–Kier alpha value is -4.42. The predicted molar refractivity (Wildman–Crippen MR) is 137 cm³/mol. The molecule has 0 unspecified atom stereocenters. The third kappa shape index (κ3) is 5.29. The van der Waals surface area contributed by atoms with Gasteiger partial charge in [0, 0.05) is 48.8 Å². The number of H-pyrrole nitrogens is 1. The van der Waals surface area contributed by atoms with Crippen molar-refractivity contribution in [3.8, 4) is 17.6 Å². The summed E-state index contributed by atoms with van der Waals surface area (Å²) in [5.41, 5.74) is 8.75. The topological polar surface area (TPSA) is 124 Å². The fraction of sp³-hybridized carbons (Fsp3) is 0.259. The summed E-state index contributed by atoms with van der Waals surface area (Å²) in [7, 11) is 0. The molecule has 0 bridgehead atoms. The molecule has 4 aromatic rings. The van der Waals surface area contributed by atoms with Gasteiger partial charge in [0.25, 0.3) is 0 Å². The first-order chi connectivity index (χ1) is 17.6. The number of hydrogen-bond acceptors (Lipinski definition) is 7. The monoisotopic (exact) mass is 481 g/mol. The Kier molecular flexibility index (Phi) is 6.78. The number of amides is 1. The number of ether oxygens (including phenoxy) is 1. The lowest BCUT2D eigenvalue weighted by Crippen LogP contribution is -2.47. The smallest absolute Gasteiger partial charge is 0.248 e. The second kappa shape index (κ2) is 10.5. The van der Waals surface area contributed by atoms with Gasteiger partial charge in [0.2, 0.25) is 11.9 Å². The largest absolute Gasteiger partial charge is 0.454 e. The van der Waals surface area contributed by atoms with E-state index in [-0.39, 0.29) is 0 Å². The fourth-order valence-corrected chi connectivity index (χ4v) is 4.49. The molecule has 0 aliphatic carbocycles. The number of anilines is 1. The molecule has 3 heterocycles. The highest BCUT2D eigenvalue weighted by atomic mass is 16.5. The molecule has 9 nitrogen and oxygen atoms in total. The minimum Gasteiger partial charge on any atom is -0.454 e. The van der Waals surface area contributed by atoms with Crippen molar-refractivity contribution < 1.29 is 9.53 Å². The molecular formula is C27H27N7O2. The fourth-order valence-electron chi connectivity index (χ4n) is 4.49. The van der Waals surface area contributed by atoms with Crippen LogP contribution in [0, 0.1) is 11.3 Å². The van der Waals surface area contributed by atoms with Crippen molar-refractivity contribution in [1.82, 2.24) is 19.9 Å². The Morgan fingerprint density at radius 3 is 2.64 bits per heavy atom. The van der Waals surface area contributed by atoms with Crippen molar-refractivity contribution in [2.24, 2.45) is 5.73 Å². The van der Waals surface area contributed by atoms with E-state index in [1.807, 2.05) is 18.2 Å². The summed E-state index contributed by atoms with van der Waals surface area (Å²) < 4.78 is 5.77. The van der Waals surface area contributed by atoms with E-state index >= 15 is 0 Å². The second-order valence-electron chi connectivity index (χ2n) is 8.83. The number of carbonyl (C=O) groups excluding carboxylic acids is 1. The average molecular weight is 482 g/mol. The highest BCUT2D eigenvalue weighted by Gasteiger charge is 2.19. The SMILES string of the molecule is N#Cc1ccc2[nH]cc(CCCN3CCN(c4ncc(Oc5cccc(C(N)=O)c5)cn4)CC3)c2c1. The Balaban J connectivity index is 1.10. The Morgan fingerprint density at radius 1 is 1.08 bits per heavy atom. The van der Waals surface area contributed by atoms with Crippen LogP contribution in [-0.4, -0.2) is 58.5 Å². The van der Waals surface area contributed by atoms with Crippen LogP contribution in [0.15, 0.2) is 61.1 Å². The summed E-state index contributed by atoms with van der Waals surface area (Å²) in [6.45, 7) is 4.65. The summed E-state index contributed by atoms with van der Waals surface area (Å²) in [5, 5.41) is 10.3. The molecule has 1 aliphatic heterocycles. The number of carbonyl (C=O) groups is 1. The van der Waals surface area contributed by atoms with Gasteiger partial charge in [0.15, 0.2) is 5.75 Å². The van der Waals surface area contributed by atoms with Crippen LogP contribution in [0.1, 0.15) is 27.9 Å². The molecular weight excluding hydrogens is 454 g/mol. The molecule has 0 spiro atoms. The zero-order valence-corrected chi connectivity index (χ0v) is 19.9. The van der Waals surface area contributed by atoms with E-state index in [0.29, 0.717) is 28.6 Å². The lowest BCUT2D eigenvalue weighted by molar-refractivity contribution is 0.1000. The number of benzene rings is 2. The second-order valence-corrected chi connectivity index (χ2v) is 8.83. The van der Waals surface area contributed by atoms with Crippen LogP contribution in [0.2, 0.25) is 0 Å².